The third-order valence-electron chi connectivity index (χ3n) is 3.48. The van der Waals surface area contributed by atoms with Crippen LogP contribution >= 0.6 is 11.6 Å². The van der Waals surface area contributed by atoms with E-state index in [0.29, 0.717) is 16.5 Å². The molecule has 3 N–H and O–H groups in total. The van der Waals surface area contributed by atoms with E-state index in [1.54, 1.807) is 37.4 Å². The molecule has 0 aliphatic carbocycles. The summed E-state index contributed by atoms with van der Waals surface area (Å²) < 4.78 is 12.3. The van der Waals surface area contributed by atoms with E-state index in [0.717, 1.165) is 0 Å². The third-order valence-corrected chi connectivity index (χ3v) is 3.72. The van der Waals surface area contributed by atoms with Gasteiger partial charge in [0.1, 0.15) is 23.8 Å². The van der Waals surface area contributed by atoms with Crippen LogP contribution in [0.3, 0.4) is 0 Å². The first-order valence-corrected chi connectivity index (χ1v) is 7.92. The maximum absolute atomic E-state index is 12.3. The number of nitrogens with two attached hydrogens (primary N) is 1. The summed E-state index contributed by atoms with van der Waals surface area (Å²) in [6, 6.07) is 10.1. The first-order chi connectivity index (χ1) is 12.4. The van der Waals surface area contributed by atoms with Crippen molar-refractivity contribution in [1.82, 2.24) is 9.78 Å². The van der Waals surface area contributed by atoms with Crippen molar-refractivity contribution in [2.45, 2.75) is 6.61 Å². The molecule has 0 fully saturated rings. The lowest BCUT2D eigenvalue weighted by atomic mass is 10.3. The number of halogens is 1. The van der Waals surface area contributed by atoms with E-state index in [2.05, 4.69) is 10.4 Å². The summed E-state index contributed by atoms with van der Waals surface area (Å²) in [5.41, 5.74) is 5.58. The SMILES string of the molecule is Cn1ncc(NC(=O)c2ccc(COc3cccc(Cl)c3)o2)c1C(N)=O. The van der Waals surface area contributed by atoms with E-state index in [9.17, 15) is 9.59 Å². The highest BCUT2D eigenvalue weighted by molar-refractivity contribution is 6.30. The number of aryl methyl sites for hydroxylation is 1. The second-order valence-corrected chi connectivity index (χ2v) is 5.80. The number of hydrogen-bond acceptors (Lipinski definition) is 5. The van der Waals surface area contributed by atoms with Crippen molar-refractivity contribution in [3.8, 4) is 5.75 Å². The fraction of sp³-hybridized carbons (Fsp3) is 0.118. The smallest absolute Gasteiger partial charge is 0.291 e. The van der Waals surface area contributed by atoms with Crippen molar-refractivity contribution in [3.63, 3.8) is 0 Å². The van der Waals surface area contributed by atoms with Gasteiger partial charge >= 0.3 is 0 Å². The number of rotatable bonds is 6. The summed E-state index contributed by atoms with van der Waals surface area (Å²) in [6.45, 7) is 0.132. The zero-order valence-corrected chi connectivity index (χ0v) is 14.5. The number of furan rings is 1. The van der Waals surface area contributed by atoms with Gasteiger partial charge in [-0.2, -0.15) is 5.10 Å². The molecule has 0 bridgehead atoms. The zero-order valence-electron chi connectivity index (χ0n) is 13.7. The van der Waals surface area contributed by atoms with Crippen LogP contribution in [0.2, 0.25) is 5.02 Å². The Hall–Kier alpha value is -3.26. The summed E-state index contributed by atoms with van der Waals surface area (Å²) in [7, 11) is 1.55. The lowest BCUT2D eigenvalue weighted by molar-refractivity contribution is 0.0992. The highest BCUT2D eigenvalue weighted by atomic mass is 35.5. The minimum atomic E-state index is -0.699. The highest BCUT2D eigenvalue weighted by Gasteiger charge is 2.18. The molecular weight excluding hydrogens is 360 g/mol. The van der Waals surface area contributed by atoms with Crippen LogP contribution in [-0.4, -0.2) is 21.6 Å². The van der Waals surface area contributed by atoms with Gasteiger partial charge in [-0.3, -0.25) is 14.3 Å². The first kappa shape index (κ1) is 17.6. The Kier molecular flexibility index (Phi) is 4.94. The first-order valence-electron chi connectivity index (χ1n) is 7.54. The fourth-order valence-electron chi connectivity index (χ4n) is 2.29. The van der Waals surface area contributed by atoms with E-state index in [-0.39, 0.29) is 23.7 Å². The summed E-state index contributed by atoms with van der Waals surface area (Å²) in [6.07, 6.45) is 1.34. The molecule has 8 nitrogen and oxygen atoms in total. The van der Waals surface area contributed by atoms with Gasteiger partial charge in [-0.1, -0.05) is 17.7 Å². The van der Waals surface area contributed by atoms with E-state index in [4.69, 9.17) is 26.5 Å². The number of amides is 2. The number of primary amides is 1. The molecule has 3 aromatic rings. The van der Waals surface area contributed by atoms with E-state index >= 15 is 0 Å². The summed E-state index contributed by atoms with van der Waals surface area (Å²) >= 11 is 5.89. The molecule has 0 unspecified atom stereocenters. The molecule has 0 spiro atoms. The number of aromatic nitrogens is 2. The normalized spacial score (nSPS) is 10.5. The van der Waals surface area contributed by atoms with Gasteiger partial charge in [0.25, 0.3) is 11.8 Å². The van der Waals surface area contributed by atoms with Gasteiger partial charge in [-0.15, -0.1) is 0 Å². The number of benzene rings is 1. The maximum atomic E-state index is 12.3. The largest absolute Gasteiger partial charge is 0.486 e. The summed E-state index contributed by atoms with van der Waals surface area (Å²) in [4.78, 5) is 23.7. The summed E-state index contributed by atoms with van der Waals surface area (Å²) in [5.74, 6) is -0.128. The highest BCUT2D eigenvalue weighted by Crippen LogP contribution is 2.20. The molecular formula is C17H15ClN4O4. The van der Waals surface area contributed by atoms with Gasteiger partial charge in [-0.25, -0.2) is 0 Å². The van der Waals surface area contributed by atoms with E-state index in [1.807, 2.05) is 0 Å². The molecule has 1 aromatic carbocycles. The van der Waals surface area contributed by atoms with Crippen molar-refractivity contribution in [2.24, 2.45) is 12.8 Å². The number of ether oxygens (including phenoxy) is 1. The Morgan fingerprint density at radius 3 is 2.88 bits per heavy atom. The molecule has 0 radical (unpaired) electrons. The number of nitrogens with one attached hydrogen (secondary N) is 1. The average Bonchev–Trinajstić information content (AvgIpc) is 3.20. The standard InChI is InChI=1S/C17H15ClN4O4/c1-22-15(16(19)23)13(8-20-22)21-17(24)14-6-5-12(26-14)9-25-11-4-2-3-10(18)7-11/h2-8H,9H2,1H3,(H2,19,23)(H,21,24). The second kappa shape index (κ2) is 7.32. The van der Waals surface area contributed by atoms with Gasteiger partial charge in [0.15, 0.2) is 5.76 Å². The Morgan fingerprint density at radius 1 is 1.35 bits per heavy atom. The predicted octanol–water partition coefficient (Wildman–Crippen LogP) is 2.60. The van der Waals surface area contributed by atoms with Crippen molar-refractivity contribution in [1.29, 1.82) is 0 Å². The Balaban J connectivity index is 1.66. The van der Waals surface area contributed by atoms with Crippen LogP contribution in [0.1, 0.15) is 26.8 Å². The van der Waals surface area contributed by atoms with Crippen LogP contribution in [0.25, 0.3) is 0 Å². The molecule has 0 aliphatic heterocycles. The lowest BCUT2D eigenvalue weighted by Gasteiger charge is -2.05. The minimum absolute atomic E-state index is 0.0639. The summed E-state index contributed by atoms with van der Waals surface area (Å²) in [5, 5.41) is 7.01. The topological polar surface area (TPSA) is 112 Å². The van der Waals surface area contributed by atoms with Crippen molar-refractivity contribution >= 4 is 29.1 Å². The van der Waals surface area contributed by atoms with Crippen LogP contribution in [0.5, 0.6) is 5.75 Å². The monoisotopic (exact) mass is 374 g/mol. The molecule has 9 heteroatoms. The quantitative estimate of drug-likeness (QED) is 0.688. The molecule has 134 valence electrons. The van der Waals surface area contributed by atoms with Crippen LogP contribution in [0, 0.1) is 0 Å². The Morgan fingerprint density at radius 2 is 2.15 bits per heavy atom. The lowest BCUT2D eigenvalue weighted by Crippen LogP contribution is -2.20. The molecule has 0 saturated carbocycles. The van der Waals surface area contributed by atoms with Gasteiger partial charge in [0, 0.05) is 12.1 Å². The Bertz CT molecular complexity index is 963. The van der Waals surface area contributed by atoms with Crippen molar-refractivity contribution in [2.75, 3.05) is 5.32 Å². The molecule has 3 rings (SSSR count). The maximum Gasteiger partial charge on any atom is 0.291 e. The predicted molar refractivity (Wildman–Crippen MR) is 94.2 cm³/mol. The van der Waals surface area contributed by atoms with Gasteiger partial charge in [-0.05, 0) is 30.3 Å². The number of anilines is 1. The number of nitrogens with zero attached hydrogens (tertiary/aromatic N) is 2. The molecule has 2 amide bonds. The zero-order chi connectivity index (χ0) is 18.7. The number of carbonyl (C=O) groups is 2. The molecule has 26 heavy (non-hydrogen) atoms. The van der Waals surface area contributed by atoms with E-state index in [1.165, 1.54) is 16.9 Å². The van der Waals surface area contributed by atoms with Crippen LogP contribution in [0.4, 0.5) is 5.69 Å². The van der Waals surface area contributed by atoms with Crippen LogP contribution in [-0.2, 0) is 13.7 Å². The third kappa shape index (κ3) is 3.86. The molecule has 0 aliphatic rings. The van der Waals surface area contributed by atoms with Crippen LogP contribution < -0.4 is 15.8 Å². The molecule has 0 saturated heterocycles. The van der Waals surface area contributed by atoms with Crippen molar-refractivity contribution in [3.05, 3.63) is 64.8 Å². The van der Waals surface area contributed by atoms with Gasteiger partial charge < -0.3 is 20.2 Å². The average molecular weight is 375 g/mol. The van der Waals surface area contributed by atoms with Gasteiger partial charge in [0.2, 0.25) is 0 Å². The molecule has 0 atom stereocenters. The second-order valence-electron chi connectivity index (χ2n) is 5.36. The number of hydrogen-bond donors (Lipinski definition) is 2. The van der Waals surface area contributed by atoms with Gasteiger partial charge in [0.05, 0.1) is 11.9 Å². The van der Waals surface area contributed by atoms with Crippen molar-refractivity contribution < 1.29 is 18.7 Å². The fourth-order valence-corrected chi connectivity index (χ4v) is 2.47. The molecule has 2 aromatic heterocycles. The number of carbonyl (C=O) groups excluding carboxylic acids is 2. The molecule has 2 heterocycles. The van der Waals surface area contributed by atoms with E-state index < -0.39 is 11.8 Å². The van der Waals surface area contributed by atoms with Crippen LogP contribution in [0.15, 0.2) is 47.0 Å². The minimum Gasteiger partial charge on any atom is -0.486 e. The Labute approximate surface area is 153 Å².